The molecule has 0 spiro atoms. The van der Waals surface area contributed by atoms with E-state index in [1.807, 2.05) is 49.4 Å². The molecule has 4 aromatic rings. The first-order chi connectivity index (χ1) is 17.9. The van der Waals surface area contributed by atoms with Crippen molar-refractivity contribution < 1.29 is 18.8 Å². The highest BCUT2D eigenvalue weighted by Crippen LogP contribution is 2.40. The van der Waals surface area contributed by atoms with Crippen LogP contribution in [0.4, 0.5) is 10.5 Å². The Morgan fingerprint density at radius 2 is 1.65 bits per heavy atom. The molecule has 0 saturated heterocycles. The van der Waals surface area contributed by atoms with Gasteiger partial charge in [0.25, 0.3) is 5.89 Å². The number of para-hydroxylation sites is 1. The Hall–Kier alpha value is -4.59. The van der Waals surface area contributed by atoms with Gasteiger partial charge in [0.1, 0.15) is 0 Å². The van der Waals surface area contributed by atoms with Crippen LogP contribution >= 0.6 is 0 Å². The second-order valence-corrected chi connectivity index (χ2v) is 8.89. The van der Waals surface area contributed by atoms with E-state index in [0.717, 1.165) is 22.4 Å². The van der Waals surface area contributed by atoms with Crippen LogP contribution in [-0.2, 0) is 0 Å². The number of urea groups is 1. The van der Waals surface area contributed by atoms with E-state index in [0.29, 0.717) is 34.5 Å². The van der Waals surface area contributed by atoms with Crippen LogP contribution in [0.5, 0.6) is 11.5 Å². The maximum Gasteiger partial charge on any atom is 0.326 e. The fourth-order valence-corrected chi connectivity index (χ4v) is 4.53. The molecule has 8 nitrogen and oxygen atoms in total. The summed E-state index contributed by atoms with van der Waals surface area (Å²) in [6.07, 6.45) is 0. The third kappa shape index (κ3) is 4.42. The van der Waals surface area contributed by atoms with Gasteiger partial charge in [-0.15, -0.1) is 0 Å². The third-order valence-electron chi connectivity index (χ3n) is 6.66. The van der Waals surface area contributed by atoms with E-state index in [2.05, 4.69) is 36.5 Å². The zero-order valence-electron chi connectivity index (χ0n) is 21.4. The number of anilines is 1. The number of aryl methyl sites for hydroxylation is 2. The molecule has 3 aromatic carbocycles. The lowest BCUT2D eigenvalue weighted by Crippen LogP contribution is -2.46. The van der Waals surface area contributed by atoms with Crippen LogP contribution in [0.1, 0.15) is 35.5 Å². The Bertz CT molecular complexity index is 1490. The molecule has 5 rings (SSSR count). The first-order valence-corrected chi connectivity index (χ1v) is 11.9. The molecule has 0 radical (unpaired) electrons. The van der Waals surface area contributed by atoms with Crippen LogP contribution in [0.3, 0.4) is 0 Å². The van der Waals surface area contributed by atoms with Gasteiger partial charge in [0, 0.05) is 11.3 Å². The van der Waals surface area contributed by atoms with E-state index >= 15 is 0 Å². The van der Waals surface area contributed by atoms with Gasteiger partial charge < -0.3 is 19.3 Å². The smallest absolute Gasteiger partial charge is 0.326 e. The highest BCUT2D eigenvalue weighted by Gasteiger charge is 2.36. The number of nitrogens with zero attached hydrogens (tertiary/aromatic N) is 3. The molecule has 1 aliphatic heterocycles. The highest BCUT2D eigenvalue weighted by molar-refractivity contribution is 6.01. The molecule has 1 atom stereocenters. The van der Waals surface area contributed by atoms with Crippen LogP contribution in [0.25, 0.3) is 17.0 Å². The lowest BCUT2D eigenvalue weighted by molar-refractivity contribution is 0.244. The topological polar surface area (TPSA) is 89.7 Å². The van der Waals surface area contributed by atoms with Gasteiger partial charge in [0.05, 0.1) is 31.5 Å². The second-order valence-electron chi connectivity index (χ2n) is 8.89. The largest absolute Gasteiger partial charge is 0.493 e. The average molecular weight is 497 g/mol. The molecule has 1 N–H and O–H groups in total. The summed E-state index contributed by atoms with van der Waals surface area (Å²) in [6.45, 7) is 6.01. The normalized spacial score (nSPS) is 15.5. The van der Waals surface area contributed by atoms with Crippen LogP contribution in [0, 0.1) is 13.8 Å². The number of carbonyl (C=O) groups is 1. The van der Waals surface area contributed by atoms with E-state index in [4.69, 9.17) is 19.0 Å². The van der Waals surface area contributed by atoms with E-state index in [1.54, 1.807) is 31.3 Å². The van der Waals surface area contributed by atoms with Crippen molar-refractivity contribution in [3.8, 4) is 22.9 Å². The fraction of sp³-hybridized carbons (Fsp3) is 0.207. The van der Waals surface area contributed by atoms with Gasteiger partial charge in [-0.25, -0.2) is 4.79 Å². The number of rotatable bonds is 6. The maximum atomic E-state index is 13.4. The summed E-state index contributed by atoms with van der Waals surface area (Å²) < 4.78 is 16.6. The molecular formula is C29H28N4O4. The maximum absolute atomic E-state index is 13.4. The van der Waals surface area contributed by atoms with Crippen LogP contribution in [0.2, 0.25) is 0 Å². The number of hydrogen-bond acceptors (Lipinski definition) is 6. The first kappa shape index (κ1) is 24.1. The molecule has 1 aliphatic rings. The van der Waals surface area contributed by atoms with E-state index < -0.39 is 6.04 Å². The summed E-state index contributed by atoms with van der Waals surface area (Å²) in [5.41, 5.74) is 6.14. The van der Waals surface area contributed by atoms with Crippen molar-refractivity contribution in [2.45, 2.75) is 26.8 Å². The molecule has 1 aromatic heterocycles. The molecule has 0 aliphatic carbocycles. The molecule has 0 fully saturated rings. The van der Waals surface area contributed by atoms with Gasteiger partial charge >= 0.3 is 6.03 Å². The van der Waals surface area contributed by atoms with Gasteiger partial charge in [0.2, 0.25) is 5.82 Å². The summed E-state index contributed by atoms with van der Waals surface area (Å²) in [6, 6.07) is 20.4. The molecule has 2 amide bonds. The Balaban J connectivity index is 1.64. The van der Waals surface area contributed by atoms with E-state index in [9.17, 15) is 4.79 Å². The molecule has 8 heteroatoms. The van der Waals surface area contributed by atoms with Gasteiger partial charge in [0.15, 0.2) is 11.5 Å². The van der Waals surface area contributed by atoms with Crippen molar-refractivity contribution in [1.82, 2.24) is 15.5 Å². The summed E-state index contributed by atoms with van der Waals surface area (Å²) in [5.74, 6) is 1.90. The highest BCUT2D eigenvalue weighted by atomic mass is 16.5. The Morgan fingerprint density at radius 3 is 2.35 bits per heavy atom. The van der Waals surface area contributed by atoms with Crippen LogP contribution in [0.15, 0.2) is 77.0 Å². The number of amides is 2. The number of ether oxygens (including phenoxy) is 2. The predicted octanol–water partition coefficient (Wildman–Crippen LogP) is 6.07. The quantitative estimate of drug-likeness (QED) is 0.348. The molecule has 37 heavy (non-hydrogen) atoms. The lowest BCUT2D eigenvalue weighted by Gasteiger charge is -2.35. The number of methoxy groups -OCH3 is 2. The minimum Gasteiger partial charge on any atom is -0.493 e. The number of aromatic nitrogens is 2. The van der Waals surface area contributed by atoms with Crippen LogP contribution < -0.4 is 19.7 Å². The average Bonchev–Trinajstić information content (AvgIpc) is 3.40. The molecule has 2 heterocycles. The number of carbonyl (C=O) groups excluding carboxylic acids is 1. The summed E-state index contributed by atoms with van der Waals surface area (Å²) in [7, 11) is 3.16. The second kappa shape index (κ2) is 9.81. The summed E-state index contributed by atoms with van der Waals surface area (Å²) in [4.78, 5) is 19.7. The zero-order chi connectivity index (χ0) is 26.1. The SMILES string of the molecule is COc1ccc(-c2noc(C3=C(C)N(c4ccccc4)C(=O)NC3c3ccc(C)c(C)c3)n2)cc1OC. The van der Waals surface area contributed by atoms with Crippen molar-refractivity contribution >= 4 is 17.3 Å². The summed E-state index contributed by atoms with van der Waals surface area (Å²) >= 11 is 0. The zero-order valence-corrected chi connectivity index (χ0v) is 21.4. The van der Waals surface area contributed by atoms with Gasteiger partial charge in [-0.05, 0) is 67.8 Å². The van der Waals surface area contributed by atoms with Gasteiger partial charge in [-0.1, -0.05) is 41.6 Å². The molecule has 1 unspecified atom stereocenters. The van der Waals surface area contributed by atoms with E-state index in [1.165, 1.54) is 5.56 Å². The fourth-order valence-electron chi connectivity index (χ4n) is 4.53. The molecular weight excluding hydrogens is 468 g/mol. The minimum absolute atomic E-state index is 0.227. The number of benzene rings is 3. The van der Waals surface area contributed by atoms with Crippen molar-refractivity contribution in [2.75, 3.05) is 19.1 Å². The summed E-state index contributed by atoms with van der Waals surface area (Å²) in [5, 5.41) is 7.41. The monoisotopic (exact) mass is 496 g/mol. The molecule has 0 saturated carbocycles. The van der Waals surface area contributed by atoms with Crippen molar-refractivity contribution in [2.24, 2.45) is 0 Å². The Labute approximate surface area is 215 Å². The van der Waals surface area contributed by atoms with E-state index in [-0.39, 0.29) is 6.03 Å². The third-order valence-corrected chi connectivity index (χ3v) is 6.66. The number of allylic oxidation sites excluding steroid dienone is 1. The number of nitrogens with one attached hydrogen (secondary N) is 1. The lowest BCUT2D eigenvalue weighted by atomic mass is 9.92. The molecule has 188 valence electrons. The van der Waals surface area contributed by atoms with Crippen molar-refractivity contribution in [3.63, 3.8) is 0 Å². The van der Waals surface area contributed by atoms with Crippen LogP contribution in [-0.4, -0.2) is 30.4 Å². The van der Waals surface area contributed by atoms with Gasteiger partial charge in [-0.3, -0.25) is 4.90 Å². The van der Waals surface area contributed by atoms with Crippen molar-refractivity contribution in [1.29, 1.82) is 0 Å². The molecule has 0 bridgehead atoms. The minimum atomic E-state index is -0.467. The Morgan fingerprint density at radius 1 is 0.892 bits per heavy atom. The standard InChI is InChI=1S/C29H28N4O4/c1-17-11-12-20(15-18(17)2)26-25(19(3)33(29(34)30-26)22-9-7-6-8-10-22)28-31-27(32-37-28)21-13-14-23(35-4)24(16-21)36-5/h6-16,26H,1-5H3,(H,30,34). The predicted molar refractivity (Wildman–Crippen MR) is 142 cm³/mol. The number of hydrogen-bond donors (Lipinski definition) is 1. The Kier molecular flexibility index (Phi) is 6.40. The first-order valence-electron chi connectivity index (χ1n) is 11.9. The van der Waals surface area contributed by atoms with Gasteiger partial charge in [-0.2, -0.15) is 4.98 Å². The van der Waals surface area contributed by atoms with Crippen molar-refractivity contribution in [3.05, 3.63) is 95.0 Å².